The molecule has 1 aromatic heterocycles. The second kappa shape index (κ2) is 4.96. The highest BCUT2D eigenvalue weighted by Gasteiger charge is 2.87. The molecule has 6 nitrogen and oxygen atoms in total. The summed E-state index contributed by atoms with van der Waals surface area (Å²) in [6.45, 7) is 2.90. The van der Waals surface area contributed by atoms with Gasteiger partial charge in [-0.05, 0) is 38.5 Å². The summed E-state index contributed by atoms with van der Waals surface area (Å²) in [5, 5.41) is 4.84. The van der Waals surface area contributed by atoms with Crippen LogP contribution in [0.1, 0.15) is 51.1 Å². The van der Waals surface area contributed by atoms with Gasteiger partial charge in [-0.1, -0.05) is 18.9 Å². The Labute approximate surface area is 159 Å². The van der Waals surface area contributed by atoms with Crippen LogP contribution in [-0.2, 0) is 11.2 Å². The van der Waals surface area contributed by atoms with Crippen molar-refractivity contribution < 1.29 is 9.47 Å². The van der Waals surface area contributed by atoms with Gasteiger partial charge >= 0.3 is 0 Å². The topological polar surface area (TPSA) is 51.9 Å². The number of fused-ring (bicyclic) bond motifs is 1. The molecule has 3 aliphatic heterocycles. The van der Waals surface area contributed by atoms with E-state index < -0.39 is 0 Å². The van der Waals surface area contributed by atoms with Crippen LogP contribution in [0.25, 0.3) is 0 Å². The SMILES string of the molecule is CC1=CCc2cc(OCC3CCCC3)nn2C(N2C3CC4OC5CC2C453)=N1. The van der Waals surface area contributed by atoms with Crippen molar-refractivity contribution >= 4 is 5.96 Å². The lowest BCUT2D eigenvalue weighted by Gasteiger charge is -2.87. The van der Waals surface area contributed by atoms with Gasteiger partial charge in [0.25, 0.3) is 0 Å². The molecule has 4 unspecified atom stereocenters. The van der Waals surface area contributed by atoms with Gasteiger partial charge in [-0.2, -0.15) is 0 Å². The number of aliphatic imine (C=N–C) groups is 1. The molecule has 27 heavy (non-hydrogen) atoms. The van der Waals surface area contributed by atoms with Crippen molar-refractivity contribution in [2.24, 2.45) is 16.3 Å². The Morgan fingerprint density at radius 2 is 2.00 bits per heavy atom. The summed E-state index contributed by atoms with van der Waals surface area (Å²) in [4.78, 5) is 7.51. The van der Waals surface area contributed by atoms with E-state index in [0.29, 0.717) is 35.6 Å². The van der Waals surface area contributed by atoms with E-state index >= 15 is 0 Å². The first kappa shape index (κ1) is 15.1. The van der Waals surface area contributed by atoms with E-state index in [1.807, 2.05) is 0 Å². The Balaban J connectivity index is 1.18. The minimum Gasteiger partial charge on any atom is -0.476 e. The lowest BCUT2D eigenvalue weighted by Crippen LogP contribution is -2.99. The van der Waals surface area contributed by atoms with Gasteiger partial charge in [-0.15, -0.1) is 5.10 Å². The molecule has 6 aliphatic rings. The monoisotopic (exact) mass is 366 g/mol. The molecule has 4 heterocycles. The number of hydrogen-bond acceptors (Lipinski definition) is 5. The average molecular weight is 366 g/mol. The van der Waals surface area contributed by atoms with Crippen LogP contribution >= 0.6 is 0 Å². The van der Waals surface area contributed by atoms with E-state index in [1.165, 1.54) is 31.4 Å². The molecule has 1 spiro atoms. The Bertz CT molecular complexity index is 859. The van der Waals surface area contributed by atoms with Gasteiger partial charge in [0, 0.05) is 30.3 Å². The number of piperidine rings is 2. The van der Waals surface area contributed by atoms with Gasteiger partial charge in [0.05, 0.1) is 29.9 Å². The molecule has 5 fully saturated rings. The maximum absolute atomic E-state index is 6.09. The van der Waals surface area contributed by atoms with Gasteiger partial charge < -0.3 is 14.4 Å². The normalized spacial score (nSPS) is 40.9. The zero-order chi connectivity index (χ0) is 17.8. The highest BCUT2D eigenvalue weighted by molar-refractivity contribution is 5.87. The van der Waals surface area contributed by atoms with Crippen LogP contribution in [0.2, 0.25) is 0 Å². The van der Waals surface area contributed by atoms with E-state index in [2.05, 4.69) is 28.6 Å². The fraction of sp³-hybridized carbons (Fsp3) is 0.714. The van der Waals surface area contributed by atoms with Crippen molar-refractivity contribution in [3.63, 3.8) is 0 Å². The third kappa shape index (κ3) is 1.72. The summed E-state index contributed by atoms with van der Waals surface area (Å²) in [5.74, 6) is 2.48. The molecule has 0 amide bonds. The van der Waals surface area contributed by atoms with Crippen molar-refractivity contribution in [3.8, 4) is 5.88 Å². The number of aromatic nitrogens is 2. The van der Waals surface area contributed by atoms with E-state index in [0.717, 1.165) is 43.4 Å². The number of allylic oxidation sites excluding steroid dienone is 2. The summed E-state index contributed by atoms with van der Waals surface area (Å²) in [6, 6.07) is 3.32. The van der Waals surface area contributed by atoms with Gasteiger partial charge in [-0.3, -0.25) is 0 Å². The minimum atomic E-state index is 0.474. The number of nitrogens with zero attached hydrogens (tertiary/aromatic N) is 4. The summed E-state index contributed by atoms with van der Waals surface area (Å²) >= 11 is 0. The van der Waals surface area contributed by atoms with E-state index in [9.17, 15) is 0 Å². The Morgan fingerprint density at radius 1 is 1.22 bits per heavy atom. The lowest BCUT2D eigenvalue weighted by molar-refractivity contribution is -0.461. The van der Waals surface area contributed by atoms with Crippen molar-refractivity contribution in [2.45, 2.75) is 76.2 Å². The largest absolute Gasteiger partial charge is 0.476 e. The molecular formula is C21H26N4O2. The smallest absolute Gasteiger partial charge is 0.233 e. The zero-order valence-corrected chi connectivity index (χ0v) is 15.8. The van der Waals surface area contributed by atoms with Crippen LogP contribution in [0.3, 0.4) is 0 Å². The molecule has 3 saturated carbocycles. The van der Waals surface area contributed by atoms with E-state index in [-0.39, 0.29) is 0 Å². The Morgan fingerprint density at radius 3 is 2.74 bits per heavy atom. The van der Waals surface area contributed by atoms with Gasteiger partial charge in [0.1, 0.15) is 0 Å². The van der Waals surface area contributed by atoms with Crippen LogP contribution < -0.4 is 4.74 Å². The maximum atomic E-state index is 6.09. The molecule has 0 radical (unpaired) electrons. The first-order valence-corrected chi connectivity index (χ1v) is 10.7. The number of ether oxygens (including phenoxy) is 2. The Hall–Kier alpha value is -1.82. The predicted molar refractivity (Wildman–Crippen MR) is 99.7 cm³/mol. The quantitative estimate of drug-likeness (QED) is 0.825. The Kier molecular flexibility index (Phi) is 2.78. The molecule has 4 atom stereocenters. The predicted octanol–water partition coefficient (Wildman–Crippen LogP) is 2.73. The maximum Gasteiger partial charge on any atom is 0.233 e. The average Bonchev–Trinajstić information content (AvgIpc) is 3.22. The molecule has 6 heteroatoms. The van der Waals surface area contributed by atoms with Gasteiger partial charge in [0.2, 0.25) is 11.8 Å². The fourth-order valence-corrected chi connectivity index (χ4v) is 6.62. The molecule has 142 valence electrons. The fourth-order valence-electron chi connectivity index (χ4n) is 6.62. The van der Waals surface area contributed by atoms with E-state index in [1.54, 1.807) is 0 Å². The number of likely N-dealkylation sites (tertiary alicyclic amines) is 1. The molecular weight excluding hydrogens is 340 g/mol. The molecule has 7 rings (SSSR count). The van der Waals surface area contributed by atoms with Crippen LogP contribution in [-0.4, -0.2) is 51.5 Å². The summed E-state index contributed by atoms with van der Waals surface area (Å²) < 4.78 is 14.1. The molecule has 1 aromatic rings. The third-order valence-electron chi connectivity index (χ3n) is 8.15. The standard InChI is InChI=1S/C21H26N4O2/c1-12-6-7-14-8-19(26-11-13-4-2-3-5-13)23-25(14)20(22-12)24-15-9-17-21(15)16(24)10-18(21)27-17/h6,8,13,15-18H,2-5,7,9-11H2,1H3. The first-order valence-electron chi connectivity index (χ1n) is 10.7. The zero-order valence-electron chi connectivity index (χ0n) is 15.8. The number of rotatable bonds is 3. The van der Waals surface area contributed by atoms with Crippen LogP contribution in [0.15, 0.2) is 22.8 Å². The number of hydrogen-bond donors (Lipinski definition) is 0. The van der Waals surface area contributed by atoms with Crippen molar-refractivity contribution in [1.82, 2.24) is 14.7 Å². The lowest BCUT2D eigenvalue weighted by atomic mass is 9.36. The van der Waals surface area contributed by atoms with Crippen LogP contribution in [0.4, 0.5) is 0 Å². The second-order valence-electron chi connectivity index (χ2n) is 9.33. The first-order chi connectivity index (χ1) is 13.2. The van der Waals surface area contributed by atoms with E-state index in [4.69, 9.17) is 19.6 Å². The second-order valence-corrected chi connectivity index (χ2v) is 9.33. The summed E-state index contributed by atoms with van der Waals surface area (Å²) in [6.07, 6.45) is 11.7. The van der Waals surface area contributed by atoms with Crippen LogP contribution in [0, 0.1) is 11.3 Å². The molecule has 0 N–H and O–H groups in total. The van der Waals surface area contributed by atoms with Crippen molar-refractivity contribution in [3.05, 3.63) is 23.5 Å². The van der Waals surface area contributed by atoms with Crippen molar-refractivity contribution in [1.29, 1.82) is 0 Å². The highest BCUT2D eigenvalue weighted by atomic mass is 16.5. The summed E-state index contributed by atoms with van der Waals surface area (Å²) in [7, 11) is 0. The summed E-state index contributed by atoms with van der Waals surface area (Å²) in [5.41, 5.74) is 2.74. The molecule has 0 aromatic carbocycles. The molecule has 0 bridgehead atoms. The van der Waals surface area contributed by atoms with Gasteiger partial charge in [0.15, 0.2) is 0 Å². The van der Waals surface area contributed by atoms with Crippen LogP contribution in [0.5, 0.6) is 5.88 Å². The minimum absolute atomic E-state index is 0.474. The molecule has 2 saturated heterocycles. The van der Waals surface area contributed by atoms with Crippen molar-refractivity contribution in [2.75, 3.05) is 6.61 Å². The van der Waals surface area contributed by atoms with Gasteiger partial charge in [-0.25, -0.2) is 9.67 Å². The molecule has 3 aliphatic carbocycles. The third-order valence-corrected chi connectivity index (χ3v) is 8.15. The highest BCUT2D eigenvalue weighted by Crippen LogP contribution is 2.76.